The van der Waals surface area contributed by atoms with E-state index >= 15 is 0 Å². The molecule has 17 heavy (non-hydrogen) atoms. The van der Waals surface area contributed by atoms with E-state index < -0.39 is 0 Å². The summed E-state index contributed by atoms with van der Waals surface area (Å²) in [4.78, 5) is 0. The van der Waals surface area contributed by atoms with Gasteiger partial charge in [0, 0.05) is 18.9 Å². The maximum Gasteiger partial charge on any atom is 0.142 e. The fraction of sp³-hybridized carbons (Fsp3) is 0.231. The minimum Gasteiger partial charge on any atom is -0.350 e. The second-order valence-electron chi connectivity index (χ2n) is 3.94. The van der Waals surface area contributed by atoms with Gasteiger partial charge in [0.2, 0.25) is 0 Å². The average molecular weight is 253 g/mol. The number of aromatic nitrogens is 1. The predicted molar refractivity (Wildman–Crippen MR) is 67.7 cm³/mol. The molecule has 0 aliphatic rings. The van der Waals surface area contributed by atoms with Crippen LogP contribution in [0.25, 0.3) is 0 Å². The summed E-state index contributed by atoms with van der Waals surface area (Å²) in [7, 11) is 0. The Morgan fingerprint density at radius 3 is 2.88 bits per heavy atom. The van der Waals surface area contributed by atoms with Crippen LogP contribution in [0.5, 0.6) is 0 Å². The summed E-state index contributed by atoms with van der Waals surface area (Å²) < 4.78 is 15.2. The molecule has 1 aromatic carbocycles. The Bertz CT molecular complexity index is 508. The van der Waals surface area contributed by atoms with E-state index in [1.807, 2.05) is 29.1 Å². The second-order valence-corrected chi connectivity index (χ2v) is 4.32. The summed E-state index contributed by atoms with van der Waals surface area (Å²) in [6.07, 6.45) is 4.81. The van der Waals surface area contributed by atoms with Gasteiger partial charge in [-0.2, -0.15) is 0 Å². The van der Waals surface area contributed by atoms with Crippen molar-refractivity contribution in [3.63, 3.8) is 0 Å². The van der Waals surface area contributed by atoms with Crippen LogP contribution in [-0.4, -0.2) is 11.1 Å². The summed E-state index contributed by atoms with van der Waals surface area (Å²) in [5.41, 5.74) is 7.45. The third-order valence-corrected chi connectivity index (χ3v) is 3.05. The summed E-state index contributed by atoms with van der Waals surface area (Å²) >= 11 is 5.90. The monoisotopic (exact) mass is 252 g/mol. The zero-order valence-corrected chi connectivity index (χ0v) is 10.1. The molecule has 0 fully saturated rings. The van der Waals surface area contributed by atoms with E-state index in [-0.39, 0.29) is 10.8 Å². The Kier molecular flexibility index (Phi) is 3.82. The first-order valence-corrected chi connectivity index (χ1v) is 5.86. The standard InChI is InChI=1S/C13H14ClFN2/c14-13-11(2-1-3-12(13)15)9-17-7-5-10(8-17)4-6-16/h1-3,5,7-8H,4,6,9,16H2. The first kappa shape index (κ1) is 12.1. The molecule has 0 aliphatic heterocycles. The summed E-state index contributed by atoms with van der Waals surface area (Å²) in [6.45, 7) is 1.20. The largest absolute Gasteiger partial charge is 0.350 e. The highest BCUT2D eigenvalue weighted by atomic mass is 35.5. The molecule has 0 radical (unpaired) electrons. The minimum atomic E-state index is -0.376. The van der Waals surface area contributed by atoms with Crippen LogP contribution in [0.2, 0.25) is 5.02 Å². The predicted octanol–water partition coefficient (Wildman–Crippen LogP) is 2.83. The van der Waals surface area contributed by atoms with Crippen LogP contribution in [0.15, 0.2) is 36.7 Å². The molecule has 0 atom stereocenters. The molecule has 1 aromatic heterocycles. The lowest BCUT2D eigenvalue weighted by Gasteiger charge is -2.06. The SMILES string of the molecule is NCCc1ccn(Cc2cccc(F)c2Cl)c1. The molecule has 0 bridgehead atoms. The van der Waals surface area contributed by atoms with Crippen molar-refractivity contribution < 1.29 is 4.39 Å². The van der Waals surface area contributed by atoms with Gasteiger partial charge in [0.1, 0.15) is 5.82 Å². The van der Waals surface area contributed by atoms with Gasteiger partial charge >= 0.3 is 0 Å². The maximum atomic E-state index is 13.3. The van der Waals surface area contributed by atoms with E-state index in [1.54, 1.807) is 6.07 Å². The van der Waals surface area contributed by atoms with Crippen LogP contribution in [-0.2, 0) is 13.0 Å². The van der Waals surface area contributed by atoms with Crippen molar-refractivity contribution in [2.45, 2.75) is 13.0 Å². The number of benzene rings is 1. The van der Waals surface area contributed by atoms with Crippen LogP contribution in [0.1, 0.15) is 11.1 Å². The topological polar surface area (TPSA) is 30.9 Å². The Labute approximate surface area is 105 Å². The number of hydrogen-bond acceptors (Lipinski definition) is 1. The summed E-state index contributed by atoms with van der Waals surface area (Å²) in [6, 6.07) is 6.87. The van der Waals surface area contributed by atoms with E-state index in [9.17, 15) is 4.39 Å². The van der Waals surface area contributed by atoms with Crippen LogP contribution in [0, 0.1) is 5.82 Å². The van der Waals surface area contributed by atoms with Crippen LogP contribution >= 0.6 is 11.6 Å². The quantitative estimate of drug-likeness (QED) is 0.891. The van der Waals surface area contributed by atoms with Gasteiger partial charge in [-0.3, -0.25) is 0 Å². The van der Waals surface area contributed by atoms with Gasteiger partial charge in [0.25, 0.3) is 0 Å². The van der Waals surface area contributed by atoms with E-state index in [0.717, 1.165) is 12.0 Å². The Balaban J connectivity index is 2.16. The van der Waals surface area contributed by atoms with Crippen LogP contribution in [0.3, 0.4) is 0 Å². The first-order chi connectivity index (χ1) is 8.20. The molecular formula is C13H14ClFN2. The fourth-order valence-electron chi connectivity index (χ4n) is 1.77. The molecule has 1 heterocycles. The van der Waals surface area contributed by atoms with Crippen molar-refractivity contribution >= 4 is 11.6 Å². The Hall–Kier alpha value is -1.32. The van der Waals surface area contributed by atoms with Gasteiger partial charge in [0.05, 0.1) is 5.02 Å². The molecule has 4 heteroatoms. The minimum absolute atomic E-state index is 0.196. The van der Waals surface area contributed by atoms with E-state index in [1.165, 1.54) is 11.6 Å². The van der Waals surface area contributed by atoms with Crippen molar-refractivity contribution in [2.75, 3.05) is 6.54 Å². The van der Waals surface area contributed by atoms with Gasteiger partial charge in [-0.05, 0) is 36.2 Å². The average Bonchev–Trinajstić information content (AvgIpc) is 2.73. The van der Waals surface area contributed by atoms with E-state index in [0.29, 0.717) is 13.1 Å². The number of nitrogens with zero attached hydrogens (tertiary/aromatic N) is 1. The third kappa shape index (κ3) is 2.87. The van der Waals surface area contributed by atoms with Crippen LogP contribution in [0.4, 0.5) is 4.39 Å². The maximum absolute atomic E-state index is 13.3. The van der Waals surface area contributed by atoms with Gasteiger partial charge < -0.3 is 10.3 Å². The Morgan fingerprint density at radius 2 is 2.12 bits per heavy atom. The Morgan fingerprint density at radius 1 is 1.29 bits per heavy atom. The lowest BCUT2D eigenvalue weighted by atomic mass is 10.2. The number of hydrogen-bond donors (Lipinski definition) is 1. The van der Waals surface area contributed by atoms with E-state index in [2.05, 4.69) is 0 Å². The first-order valence-electron chi connectivity index (χ1n) is 5.48. The third-order valence-electron chi connectivity index (χ3n) is 2.63. The highest BCUT2D eigenvalue weighted by Crippen LogP contribution is 2.20. The molecule has 2 N–H and O–H groups in total. The highest BCUT2D eigenvalue weighted by molar-refractivity contribution is 6.31. The van der Waals surface area contributed by atoms with Crippen molar-refractivity contribution in [3.05, 3.63) is 58.6 Å². The van der Waals surface area contributed by atoms with Crippen LogP contribution < -0.4 is 5.73 Å². The zero-order valence-electron chi connectivity index (χ0n) is 9.37. The summed E-state index contributed by atoms with van der Waals surface area (Å²) in [5.74, 6) is -0.376. The van der Waals surface area contributed by atoms with Crippen molar-refractivity contribution in [2.24, 2.45) is 5.73 Å². The van der Waals surface area contributed by atoms with Gasteiger partial charge in [-0.1, -0.05) is 23.7 Å². The molecule has 0 saturated heterocycles. The second kappa shape index (κ2) is 5.34. The van der Waals surface area contributed by atoms with Crippen molar-refractivity contribution in [1.29, 1.82) is 0 Å². The zero-order chi connectivity index (χ0) is 12.3. The highest BCUT2D eigenvalue weighted by Gasteiger charge is 2.06. The molecule has 0 spiro atoms. The van der Waals surface area contributed by atoms with E-state index in [4.69, 9.17) is 17.3 Å². The summed E-state index contributed by atoms with van der Waals surface area (Å²) in [5, 5.41) is 0.196. The van der Waals surface area contributed by atoms with Crippen molar-refractivity contribution in [1.82, 2.24) is 4.57 Å². The number of nitrogens with two attached hydrogens (primary N) is 1. The number of rotatable bonds is 4. The smallest absolute Gasteiger partial charge is 0.142 e. The molecule has 2 nitrogen and oxygen atoms in total. The molecule has 0 saturated carbocycles. The van der Waals surface area contributed by atoms with Gasteiger partial charge in [-0.15, -0.1) is 0 Å². The molecule has 0 aliphatic carbocycles. The molecule has 0 unspecified atom stereocenters. The molecule has 2 aromatic rings. The fourth-order valence-corrected chi connectivity index (χ4v) is 1.96. The van der Waals surface area contributed by atoms with Gasteiger partial charge in [0.15, 0.2) is 0 Å². The number of halogens is 2. The molecule has 2 rings (SSSR count). The normalized spacial score (nSPS) is 10.8. The van der Waals surface area contributed by atoms with Crippen molar-refractivity contribution in [3.8, 4) is 0 Å². The van der Waals surface area contributed by atoms with Gasteiger partial charge in [-0.25, -0.2) is 4.39 Å². The molecule has 0 amide bonds. The molecular weight excluding hydrogens is 239 g/mol. The molecule has 90 valence electrons. The lowest BCUT2D eigenvalue weighted by Crippen LogP contribution is -2.02. The lowest BCUT2D eigenvalue weighted by molar-refractivity contribution is 0.624.